The van der Waals surface area contributed by atoms with E-state index in [9.17, 15) is 34.1 Å². The highest BCUT2D eigenvalue weighted by Crippen LogP contribution is 2.77. The summed E-state index contributed by atoms with van der Waals surface area (Å²) in [6, 6.07) is 13.6. The second-order valence-electron chi connectivity index (χ2n) is 11.2. The molecule has 3 amide bonds. The Morgan fingerprint density at radius 1 is 0.800 bits per heavy atom. The lowest BCUT2D eigenvalue weighted by molar-refractivity contribution is -0.384. The van der Waals surface area contributed by atoms with E-state index in [0.29, 0.717) is 10.0 Å². The number of allylic oxidation sites excluding steroid dienone is 2. The first-order valence-electron chi connectivity index (χ1n) is 13.9. The summed E-state index contributed by atoms with van der Waals surface area (Å²) in [5.41, 5.74) is -0.449. The van der Waals surface area contributed by atoms with Gasteiger partial charge in [-0.3, -0.25) is 29.3 Å². The number of halogens is 8. The van der Waals surface area contributed by atoms with E-state index in [2.05, 4.69) is 0 Å². The Hall–Kier alpha value is -3.13. The minimum Gasteiger partial charge on any atom is -0.423 e. The fourth-order valence-electron chi connectivity index (χ4n) is 6.07. The molecule has 3 aromatic rings. The van der Waals surface area contributed by atoms with Crippen LogP contribution >= 0.6 is 92.8 Å². The van der Waals surface area contributed by atoms with E-state index in [1.54, 1.807) is 0 Å². The van der Waals surface area contributed by atoms with Crippen molar-refractivity contribution in [1.29, 1.82) is 0 Å². The van der Waals surface area contributed by atoms with Crippen molar-refractivity contribution >= 4 is 128 Å². The average molecular weight is 841 g/mol. The number of carbonyl (C=O) groups is 5. The van der Waals surface area contributed by atoms with Crippen molar-refractivity contribution in [2.75, 3.05) is 6.54 Å². The van der Waals surface area contributed by atoms with Gasteiger partial charge in [-0.15, -0.1) is 23.2 Å². The molecular weight excluding hydrogens is 826 g/mol. The first-order valence-corrected chi connectivity index (χ1v) is 17.0. The zero-order valence-electron chi connectivity index (χ0n) is 24.3. The lowest BCUT2D eigenvalue weighted by atomic mass is 9.84. The van der Waals surface area contributed by atoms with Crippen LogP contribution < -0.4 is 4.74 Å². The molecule has 11 nitrogen and oxygen atoms in total. The predicted octanol–water partition coefficient (Wildman–Crippen LogP) is 7.81. The molecule has 19 heteroatoms. The van der Waals surface area contributed by atoms with Gasteiger partial charge in [-0.2, -0.15) is 5.01 Å². The molecule has 0 radical (unpaired) electrons. The third-order valence-corrected chi connectivity index (χ3v) is 13.3. The van der Waals surface area contributed by atoms with Crippen LogP contribution in [-0.2, 0) is 9.59 Å². The van der Waals surface area contributed by atoms with Gasteiger partial charge in [-0.25, -0.2) is 9.80 Å². The Morgan fingerprint density at radius 2 is 1.32 bits per heavy atom. The second-order valence-corrected chi connectivity index (χ2v) is 15.3. The number of benzene rings is 3. The average Bonchev–Trinajstić information content (AvgIpc) is 3.46. The van der Waals surface area contributed by atoms with Crippen LogP contribution in [0.1, 0.15) is 31.1 Å². The smallest absolute Gasteiger partial charge is 0.343 e. The molecule has 1 saturated carbocycles. The van der Waals surface area contributed by atoms with E-state index in [1.165, 1.54) is 54.6 Å². The zero-order chi connectivity index (χ0) is 36.7. The number of nitrogens with zero attached hydrogens (tertiary/aromatic N) is 3. The van der Waals surface area contributed by atoms with E-state index < -0.39 is 66.9 Å². The number of hydrogen-bond donors (Lipinski definition) is 0. The summed E-state index contributed by atoms with van der Waals surface area (Å²) >= 11 is 51.9. The van der Waals surface area contributed by atoms with Crippen LogP contribution in [0, 0.1) is 22.0 Å². The number of ether oxygens (including phenoxy) is 1. The lowest BCUT2D eigenvalue weighted by Gasteiger charge is -2.36. The standard InChI is InChI=1S/C31H15Cl8N3O8/c32-15-5-10-18(19(33)11-15)25(44)40(41-26(45)21-22(27(41)46)30(37)24(35)23(34)29(21,36)31(30,38)39)12-20(43)13-3-8-17(9-4-13)50-28(47)14-1-6-16(7-2-14)42(48)49/h1-11,21-22H,12H2/t21-,22-,29+,30+/m0/s1. The van der Waals surface area contributed by atoms with Gasteiger partial charge < -0.3 is 4.74 Å². The van der Waals surface area contributed by atoms with Crippen LogP contribution in [0.15, 0.2) is 76.8 Å². The number of alkyl halides is 4. The number of carbonyl (C=O) groups excluding carboxylic acids is 5. The Labute approximate surface area is 321 Å². The SMILES string of the molecule is O=C(CN(C(=O)c1ccc(Cl)cc1Cl)N1C(=O)[C@@H]2[C@@H](C1=O)[C@@]1(Cl)C(Cl)=C(Cl)[C@@]2(Cl)C1(Cl)Cl)c1ccc(OC(=O)c2ccc([N+](=O)[O-])cc2)cc1. The molecular formula is C31H15Cl8N3O8. The third-order valence-electron chi connectivity index (χ3n) is 8.52. The highest BCUT2D eigenvalue weighted by Gasteiger charge is 2.88. The minimum atomic E-state index is -2.24. The van der Waals surface area contributed by atoms with Crippen LogP contribution in [0.4, 0.5) is 5.69 Å². The molecule has 258 valence electrons. The number of rotatable bonds is 8. The number of esters is 1. The quantitative estimate of drug-likeness (QED) is 0.0425. The van der Waals surface area contributed by atoms with Gasteiger partial charge in [0, 0.05) is 22.7 Å². The van der Waals surface area contributed by atoms with E-state index in [1.807, 2.05) is 0 Å². The molecule has 1 saturated heterocycles. The molecule has 3 aromatic carbocycles. The summed E-state index contributed by atoms with van der Waals surface area (Å²) in [5.74, 6) is -8.05. The Balaban J connectivity index is 1.30. The minimum absolute atomic E-state index is 0.00527. The number of nitro benzene ring substituents is 1. The first-order chi connectivity index (χ1) is 23.4. The first kappa shape index (κ1) is 36.7. The number of hydrogen-bond acceptors (Lipinski definition) is 8. The Morgan fingerprint density at radius 3 is 1.82 bits per heavy atom. The molecule has 1 aliphatic heterocycles. The van der Waals surface area contributed by atoms with Crippen LogP contribution in [-0.4, -0.2) is 65.0 Å². The van der Waals surface area contributed by atoms with Gasteiger partial charge in [0.15, 0.2) is 10.1 Å². The van der Waals surface area contributed by atoms with Crippen LogP contribution in [0.5, 0.6) is 5.75 Å². The van der Waals surface area contributed by atoms with Crippen molar-refractivity contribution in [1.82, 2.24) is 10.0 Å². The maximum absolute atomic E-state index is 14.1. The molecule has 0 spiro atoms. The maximum atomic E-state index is 14.1. The molecule has 50 heavy (non-hydrogen) atoms. The number of imide groups is 1. The monoisotopic (exact) mass is 837 g/mol. The number of fused-ring (bicyclic) bond motifs is 5. The van der Waals surface area contributed by atoms with Crippen molar-refractivity contribution in [2.24, 2.45) is 11.8 Å². The summed E-state index contributed by atoms with van der Waals surface area (Å²) < 4.78 is 3.05. The largest absolute Gasteiger partial charge is 0.423 e. The van der Waals surface area contributed by atoms with Gasteiger partial charge in [0.05, 0.1) is 43.0 Å². The van der Waals surface area contributed by atoms with Crippen molar-refractivity contribution < 1.29 is 33.6 Å². The number of Topliss-reactive ketones (excluding diaryl/α,β-unsaturated/α-hetero) is 1. The topological polar surface area (TPSA) is 144 Å². The van der Waals surface area contributed by atoms with E-state index in [4.69, 9.17) is 97.5 Å². The van der Waals surface area contributed by atoms with Crippen molar-refractivity contribution in [3.8, 4) is 5.75 Å². The summed E-state index contributed by atoms with van der Waals surface area (Å²) in [4.78, 5) is 74.3. The van der Waals surface area contributed by atoms with Gasteiger partial charge >= 0.3 is 5.97 Å². The normalized spacial score (nSPS) is 24.8. The zero-order valence-corrected chi connectivity index (χ0v) is 30.4. The van der Waals surface area contributed by atoms with E-state index in [0.717, 1.165) is 12.1 Å². The maximum Gasteiger partial charge on any atom is 0.343 e. The number of hydrazine groups is 1. The number of non-ortho nitro benzene ring substituents is 1. The molecule has 2 fully saturated rings. The third kappa shape index (κ3) is 5.28. The van der Waals surface area contributed by atoms with Gasteiger partial charge in [0.2, 0.25) is 0 Å². The molecule has 3 aliphatic rings. The van der Waals surface area contributed by atoms with Crippen molar-refractivity contribution in [2.45, 2.75) is 14.1 Å². The molecule has 4 atom stereocenters. The van der Waals surface area contributed by atoms with Crippen LogP contribution in [0.3, 0.4) is 0 Å². The molecule has 6 rings (SSSR count). The fourth-order valence-corrected chi connectivity index (χ4v) is 9.49. The lowest BCUT2D eigenvalue weighted by Crippen LogP contribution is -2.56. The molecule has 2 aliphatic carbocycles. The predicted molar refractivity (Wildman–Crippen MR) is 185 cm³/mol. The van der Waals surface area contributed by atoms with Gasteiger partial charge in [0.25, 0.3) is 23.4 Å². The van der Waals surface area contributed by atoms with Crippen LogP contribution in [0.2, 0.25) is 10.0 Å². The Bertz CT molecular complexity index is 2030. The van der Waals surface area contributed by atoms with Crippen molar-refractivity contribution in [3.05, 3.63) is 114 Å². The fraction of sp³-hybridized carbons (Fsp3) is 0.194. The number of amides is 3. The summed E-state index contributed by atoms with van der Waals surface area (Å²) in [6.07, 6.45) is 0. The number of ketones is 1. The molecule has 0 N–H and O–H groups in total. The summed E-state index contributed by atoms with van der Waals surface area (Å²) in [5, 5.41) is 11.2. The van der Waals surface area contributed by atoms with Crippen LogP contribution in [0.25, 0.3) is 0 Å². The summed E-state index contributed by atoms with van der Waals surface area (Å²) in [7, 11) is 0. The van der Waals surface area contributed by atoms with Gasteiger partial charge in [-0.1, -0.05) is 69.6 Å². The van der Waals surface area contributed by atoms with Gasteiger partial charge in [-0.05, 0) is 54.6 Å². The highest BCUT2D eigenvalue weighted by atomic mass is 35.5. The molecule has 1 heterocycles. The Kier molecular flexibility index (Phi) is 9.40. The summed E-state index contributed by atoms with van der Waals surface area (Å²) in [6.45, 7) is -0.900. The molecule has 2 bridgehead atoms. The molecule has 0 aromatic heterocycles. The van der Waals surface area contributed by atoms with Crippen molar-refractivity contribution in [3.63, 3.8) is 0 Å². The van der Waals surface area contributed by atoms with E-state index >= 15 is 0 Å². The van der Waals surface area contributed by atoms with Gasteiger partial charge in [0.1, 0.15) is 22.0 Å². The van der Waals surface area contributed by atoms with E-state index in [-0.39, 0.29) is 48.2 Å². The number of nitro groups is 1. The molecule has 0 unspecified atom stereocenters. The second kappa shape index (κ2) is 12.8. The highest BCUT2D eigenvalue weighted by molar-refractivity contribution is 6.67.